The number of nitrogens with one attached hydrogen (secondary N) is 1. The third-order valence-electron chi connectivity index (χ3n) is 3.78. The molecule has 8 nitrogen and oxygen atoms in total. The number of carbonyl (C=O) groups is 1. The number of aromatic amines is 1. The second-order valence-electron chi connectivity index (χ2n) is 7.11. The molecule has 130 valence electrons. The molecule has 1 saturated heterocycles. The van der Waals surface area contributed by atoms with Crippen molar-refractivity contribution in [2.24, 2.45) is 0 Å². The highest BCUT2D eigenvalue weighted by Gasteiger charge is 2.31. The molecule has 8 heteroatoms. The molecule has 24 heavy (non-hydrogen) atoms. The smallest absolute Gasteiger partial charge is 0.410 e. The number of aromatic nitrogens is 4. The molecule has 3 rings (SSSR count). The lowest BCUT2D eigenvalue weighted by Crippen LogP contribution is -2.42. The van der Waals surface area contributed by atoms with Crippen molar-refractivity contribution in [3.8, 4) is 11.6 Å². The summed E-state index contributed by atoms with van der Waals surface area (Å²) in [4.78, 5) is 25.7. The second-order valence-corrected chi connectivity index (χ2v) is 7.11. The summed E-state index contributed by atoms with van der Waals surface area (Å²) < 4.78 is 10.8. The Morgan fingerprint density at radius 3 is 2.88 bits per heavy atom. The minimum atomic E-state index is -0.501. The number of hydrogen-bond donors (Lipinski definition) is 1. The highest BCUT2D eigenvalue weighted by atomic mass is 16.6. The van der Waals surface area contributed by atoms with Crippen LogP contribution in [0.25, 0.3) is 11.6 Å². The fourth-order valence-electron chi connectivity index (χ4n) is 2.70. The molecule has 1 aliphatic heterocycles. The van der Waals surface area contributed by atoms with Crippen molar-refractivity contribution in [2.45, 2.75) is 52.1 Å². The van der Waals surface area contributed by atoms with Gasteiger partial charge >= 0.3 is 6.09 Å². The largest absolute Gasteiger partial charge is 0.444 e. The van der Waals surface area contributed by atoms with Gasteiger partial charge in [0.05, 0.1) is 11.6 Å². The summed E-state index contributed by atoms with van der Waals surface area (Å²) in [6.45, 7) is 8.68. The van der Waals surface area contributed by atoms with E-state index in [0.29, 0.717) is 30.6 Å². The number of hydrogen-bond acceptors (Lipinski definition) is 6. The third kappa shape index (κ3) is 3.74. The Kier molecular flexibility index (Phi) is 4.29. The van der Waals surface area contributed by atoms with Crippen molar-refractivity contribution in [1.82, 2.24) is 25.0 Å². The van der Waals surface area contributed by atoms with Gasteiger partial charge in [-0.15, -0.1) is 0 Å². The molecule has 2 aromatic heterocycles. The van der Waals surface area contributed by atoms with E-state index in [1.165, 1.54) is 0 Å². The zero-order valence-electron chi connectivity index (χ0n) is 14.5. The Hall–Kier alpha value is -2.38. The summed E-state index contributed by atoms with van der Waals surface area (Å²) in [6.07, 6.45) is 3.27. The summed E-state index contributed by atoms with van der Waals surface area (Å²) in [6, 6.07) is 0. The Bertz CT molecular complexity index is 715. The van der Waals surface area contributed by atoms with Crippen LogP contribution < -0.4 is 0 Å². The first-order chi connectivity index (χ1) is 11.3. The van der Waals surface area contributed by atoms with Crippen LogP contribution in [-0.2, 0) is 4.74 Å². The van der Waals surface area contributed by atoms with E-state index in [0.717, 1.165) is 18.5 Å². The molecule has 1 atom stereocenters. The van der Waals surface area contributed by atoms with Gasteiger partial charge < -0.3 is 19.1 Å². The van der Waals surface area contributed by atoms with Crippen LogP contribution in [0.15, 0.2) is 10.7 Å². The Labute approximate surface area is 140 Å². The third-order valence-corrected chi connectivity index (χ3v) is 3.78. The van der Waals surface area contributed by atoms with Crippen LogP contribution >= 0.6 is 0 Å². The predicted octanol–water partition coefficient (Wildman–Crippen LogP) is 2.88. The molecule has 1 unspecified atom stereocenters. The zero-order valence-corrected chi connectivity index (χ0v) is 14.5. The summed E-state index contributed by atoms with van der Waals surface area (Å²) in [5.74, 6) is 1.57. The Balaban J connectivity index is 1.69. The van der Waals surface area contributed by atoms with Gasteiger partial charge in [-0.05, 0) is 40.5 Å². The maximum absolute atomic E-state index is 12.2. The van der Waals surface area contributed by atoms with Gasteiger partial charge in [-0.1, -0.05) is 5.16 Å². The summed E-state index contributed by atoms with van der Waals surface area (Å²) >= 11 is 0. The van der Waals surface area contributed by atoms with Crippen LogP contribution in [0.4, 0.5) is 4.79 Å². The monoisotopic (exact) mass is 333 g/mol. The Morgan fingerprint density at radius 1 is 1.42 bits per heavy atom. The molecule has 0 saturated carbocycles. The number of rotatable bonds is 2. The van der Waals surface area contributed by atoms with Crippen molar-refractivity contribution in [3.63, 3.8) is 0 Å². The first kappa shape index (κ1) is 16.5. The maximum Gasteiger partial charge on any atom is 0.410 e. The maximum atomic E-state index is 12.2. The topological polar surface area (TPSA) is 97.1 Å². The van der Waals surface area contributed by atoms with Gasteiger partial charge in [-0.3, -0.25) is 0 Å². The van der Waals surface area contributed by atoms with E-state index in [2.05, 4.69) is 20.1 Å². The van der Waals surface area contributed by atoms with Crippen molar-refractivity contribution in [3.05, 3.63) is 17.8 Å². The van der Waals surface area contributed by atoms with Crippen molar-refractivity contribution < 1.29 is 14.1 Å². The van der Waals surface area contributed by atoms with E-state index >= 15 is 0 Å². The van der Waals surface area contributed by atoms with Crippen LogP contribution in [0.2, 0.25) is 0 Å². The van der Waals surface area contributed by atoms with E-state index in [1.54, 1.807) is 11.1 Å². The van der Waals surface area contributed by atoms with E-state index in [1.807, 2.05) is 27.7 Å². The number of ether oxygens (including phenoxy) is 1. The van der Waals surface area contributed by atoms with Crippen molar-refractivity contribution >= 4 is 6.09 Å². The van der Waals surface area contributed by atoms with Crippen LogP contribution in [0.3, 0.4) is 0 Å². The molecule has 1 aliphatic rings. The number of likely N-dealkylation sites (tertiary alicyclic amines) is 1. The fraction of sp³-hybridized carbons (Fsp3) is 0.625. The number of amides is 1. The highest BCUT2D eigenvalue weighted by Crippen LogP contribution is 2.28. The standard InChI is InChI=1S/C16H23N5O3/c1-10-8-17-12(18-10)13-19-14(24-20-13)11-6-5-7-21(9-11)15(22)23-16(2,3)4/h8,11H,5-7,9H2,1-4H3,(H,17,18). The molecule has 3 heterocycles. The SMILES string of the molecule is Cc1c[nH]c(-c2noc(C3CCCN(C(=O)OC(C)(C)C)C3)n2)n1. The number of imidazole rings is 1. The number of carbonyl (C=O) groups excluding carboxylic acids is 1. The van der Waals surface area contributed by atoms with Gasteiger partial charge in [-0.25, -0.2) is 9.78 Å². The molecule has 1 N–H and O–H groups in total. The molecular weight excluding hydrogens is 310 g/mol. The average molecular weight is 333 g/mol. The summed E-state index contributed by atoms with van der Waals surface area (Å²) in [5, 5.41) is 3.99. The molecular formula is C16H23N5O3. The first-order valence-electron chi connectivity index (χ1n) is 8.16. The number of aryl methyl sites for hydroxylation is 1. The van der Waals surface area contributed by atoms with Crippen LogP contribution in [0, 0.1) is 6.92 Å². The second kappa shape index (κ2) is 6.26. The summed E-state index contributed by atoms with van der Waals surface area (Å²) in [7, 11) is 0. The van der Waals surface area contributed by atoms with E-state index in [9.17, 15) is 4.79 Å². The van der Waals surface area contributed by atoms with Crippen LogP contribution in [0.1, 0.15) is 51.1 Å². The molecule has 1 amide bonds. The lowest BCUT2D eigenvalue weighted by Gasteiger charge is -2.32. The van der Waals surface area contributed by atoms with E-state index < -0.39 is 5.60 Å². The van der Waals surface area contributed by atoms with Gasteiger partial charge in [0.1, 0.15) is 5.60 Å². The van der Waals surface area contributed by atoms with Gasteiger partial charge in [0.25, 0.3) is 0 Å². The highest BCUT2D eigenvalue weighted by molar-refractivity contribution is 5.68. The van der Waals surface area contributed by atoms with Crippen molar-refractivity contribution in [1.29, 1.82) is 0 Å². The van der Waals surface area contributed by atoms with E-state index in [4.69, 9.17) is 9.26 Å². The predicted molar refractivity (Wildman–Crippen MR) is 86.4 cm³/mol. The molecule has 2 aromatic rings. The molecule has 1 fully saturated rings. The minimum Gasteiger partial charge on any atom is -0.444 e. The Morgan fingerprint density at radius 2 is 2.21 bits per heavy atom. The lowest BCUT2D eigenvalue weighted by atomic mass is 9.98. The first-order valence-corrected chi connectivity index (χ1v) is 8.16. The molecule has 0 spiro atoms. The average Bonchev–Trinajstić information content (AvgIpc) is 3.14. The normalized spacial score (nSPS) is 18.7. The molecule has 0 aromatic carbocycles. The van der Waals surface area contributed by atoms with Gasteiger partial charge in [0.15, 0.2) is 5.82 Å². The fourth-order valence-corrected chi connectivity index (χ4v) is 2.70. The molecule has 0 radical (unpaired) electrons. The number of H-pyrrole nitrogens is 1. The van der Waals surface area contributed by atoms with Crippen molar-refractivity contribution in [2.75, 3.05) is 13.1 Å². The zero-order chi connectivity index (χ0) is 17.3. The molecule has 0 aliphatic carbocycles. The molecule has 0 bridgehead atoms. The summed E-state index contributed by atoms with van der Waals surface area (Å²) in [5.41, 5.74) is 0.365. The lowest BCUT2D eigenvalue weighted by molar-refractivity contribution is 0.0189. The minimum absolute atomic E-state index is 0.0172. The van der Waals surface area contributed by atoms with Gasteiger partial charge in [0, 0.05) is 19.3 Å². The van der Waals surface area contributed by atoms with Gasteiger partial charge in [-0.2, -0.15) is 4.98 Å². The number of piperidine rings is 1. The quantitative estimate of drug-likeness (QED) is 0.907. The van der Waals surface area contributed by atoms with Crippen LogP contribution in [0.5, 0.6) is 0 Å². The van der Waals surface area contributed by atoms with Gasteiger partial charge in [0.2, 0.25) is 11.7 Å². The number of nitrogens with zero attached hydrogens (tertiary/aromatic N) is 4. The van der Waals surface area contributed by atoms with E-state index in [-0.39, 0.29) is 12.0 Å². The van der Waals surface area contributed by atoms with Crippen LogP contribution in [-0.4, -0.2) is 49.8 Å².